The van der Waals surface area contributed by atoms with E-state index in [1.54, 1.807) is 18.3 Å². The van der Waals surface area contributed by atoms with Gasteiger partial charge in [-0.3, -0.25) is 9.48 Å². The first kappa shape index (κ1) is 20.1. The molecule has 8 nitrogen and oxygen atoms in total. The lowest BCUT2D eigenvalue weighted by Crippen LogP contribution is -2.37. The van der Waals surface area contributed by atoms with E-state index in [1.165, 1.54) is 0 Å². The Bertz CT molecular complexity index is 1260. The highest BCUT2D eigenvalue weighted by molar-refractivity contribution is 7.89. The van der Waals surface area contributed by atoms with Gasteiger partial charge in [0, 0.05) is 24.1 Å². The molecule has 0 fully saturated rings. The number of benzene rings is 1. The molecule has 0 atom stereocenters. The second-order valence-corrected chi connectivity index (χ2v) is 9.72. The van der Waals surface area contributed by atoms with Gasteiger partial charge in [-0.05, 0) is 43.5 Å². The molecule has 1 N–H and O–H groups in total. The molecule has 0 aliphatic carbocycles. The molecular formula is C19H24N4O4S. The fraction of sp³-hybridized carbons (Fsp3) is 0.421. The average molecular weight is 404 g/mol. The molecule has 2 heterocycles. The van der Waals surface area contributed by atoms with Crippen molar-refractivity contribution in [3.05, 3.63) is 50.8 Å². The molecule has 150 valence electrons. The molecule has 9 heteroatoms. The van der Waals surface area contributed by atoms with E-state index in [-0.39, 0.29) is 17.3 Å². The minimum absolute atomic E-state index is 0.123. The number of rotatable bonds is 5. The van der Waals surface area contributed by atoms with Gasteiger partial charge in [0.1, 0.15) is 5.88 Å². The quantitative estimate of drug-likeness (QED) is 0.702. The van der Waals surface area contributed by atoms with Crippen LogP contribution >= 0.6 is 0 Å². The maximum atomic E-state index is 12.9. The maximum absolute atomic E-state index is 12.9. The number of aromatic nitrogens is 4. The SMILES string of the molecule is CC(C)c1cc2[nH]c(=O)n(CS(C)(=O)=O)c(=O)c2cc1-c1ccnn1C(C)C. The fourth-order valence-electron chi connectivity index (χ4n) is 3.31. The highest BCUT2D eigenvalue weighted by Gasteiger charge is 2.19. The molecule has 3 rings (SSSR count). The fourth-order valence-corrected chi connectivity index (χ4v) is 4.01. The summed E-state index contributed by atoms with van der Waals surface area (Å²) >= 11 is 0. The smallest absolute Gasteiger partial charge is 0.307 e. The molecule has 1 aromatic carbocycles. The summed E-state index contributed by atoms with van der Waals surface area (Å²) in [5.41, 5.74) is 1.69. The zero-order chi connectivity index (χ0) is 20.8. The van der Waals surface area contributed by atoms with Crippen LogP contribution in [-0.2, 0) is 15.7 Å². The van der Waals surface area contributed by atoms with Crippen LogP contribution in [0.3, 0.4) is 0 Å². The summed E-state index contributed by atoms with van der Waals surface area (Å²) in [6, 6.07) is 5.52. The summed E-state index contributed by atoms with van der Waals surface area (Å²) in [7, 11) is -3.55. The van der Waals surface area contributed by atoms with E-state index < -0.39 is 27.0 Å². The van der Waals surface area contributed by atoms with Gasteiger partial charge in [-0.25, -0.2) is 17.8 Å². The maximum Gasteiger partial charge on any atom is 0.329 e. The third-order valence-electron chi connectivity index (χ3n) is 4.57. The minimum Gasteiger partial charge on any atom is -0.307 e. The van der Waals surface area contributed by atoms with Crippen LogP contribution in [0.25, 0.3) is 22.2 Å². The van der Waals surface area contributed by atoms with E-state index in [9.17, 15) is 18.0 Å². The number of aromatic amines is 1. The molecule has 0 saturated carbocycles. The number of nitrogens with zero attached hydrogens (tertiary/aromatic N) is 3. The van der Waals surface area contributed by atoms with Crippen molar-refractivity contribution in [1.82, 2.24) is 19.3 Å². The molecular weight excluding hydrogens is 380 g/mol. The molecule has 28 heavy (non-hydrogen) atoms. The second-order valence-electron chi connectivity index (χ2n) is 7.61. The van der Waals surface area contributed by atoms with Gasteiger partial charge in [-0.1, -0.05) is 13.8 Å². The average Bonchev–Trinajstić information content (AvgIpc) is 3.06. The van der Waals surface area contributed by atoms with Gasteiger partial charge in [-0.15, -0.1) is 0 Å². The van der Waals surface area contributed by atoms with Crippen LogP contribution in [0.2, 0.25) is 0 Å². The Hall–Kier alpha value is -2.68. The van der Waals surface area contributed by atoms with Crippen molar-refractivity contribution >= 4 is 20.7 Å². The van der Waals surface area contributed by atoms with E-state index in [2.05, 4.69) is 10.1 Å². The van der Waals surface area contributed by atoms with E-state index in [0.29, 0.717) is 5.52 Å². The Morgan fingerprint density at radius 2 is 1.82 bits per heavy atom. The van der Waals surface area contributed by atoms with E-state index >= 15 is 0 Å². The van der Waals surface area contributed by atoms with Crippen LogP contribution in [0.1, 0.15) is 45.2 Å². The molecule has 0 radical (unpaired) electrons. The van der Waals surface area contributed by atoms with E-state index in [1.807, 2.05) is 38.4 Å². The normalized spacial score (nSPS) is 12.4. The second kappa shape index (κ2) is 7.05. The van der Waals surface area contributed by atoms with Crippen LogP contribution in [0.5, 0.6) is 0 Å². The summed E-state index contributed by atoms with van der Waals surface area (Å²) in [6.07, 6.45) is 2.69. The highest BCUT2D eigenvalue weighted by Crippen LogP contribution is 2.32. The lowest BCUT2D eigenvalue weighted by Gasteiger charge is -2.17. The first-order chi connectivity index (χ1) is 13.0. The zero-order valence-corrected chi connectivity index (χ0v) is 17.4. The molecule has 0 amide bonds. The Labute approximate surface area is 162 Å². The van der Waals surface area contributed by atoms with Crippen molar-refractivity contribution in [3.8, 4) is 11.3 Å². The van der Waals surface area contributed by atoms with Gasteiger partial charge in [0.25, 0.3) is 5.56 Å². The molecule has 3 aromatic rings. The van der Waals surface area contributed by atoms with Gasteiger partial charge >= 0.3 is 5.69 Å². The third-order valence-corrected chi connectivity index (χ3v) is 5.30. The van der Waals surface area contributed by atoms with Crippen molar-refractivity contribution < 1.29 is 8.42 Å². The summed E-state index contributed by atoms with van der Waals surface area (Å²) in [5.74, 6) is -0.528. The van der Waals surface area contributed by atoms with Crippen molar-refractivity contribution in [2.75, 3.05) is 6.26 Å². The summed E-state index contributed by atoms with van der Waals surface area (Å²) in [5, 5.41) is 4.63. The minimum atomic E-state index is -3.55. The Balaban J connectivity index is 2.38. The first-order valence-electron chi connectivity index (χ1n) is 9.02. The molecule has 0 spiro atoms. The third kappa shape index (κ3) is 3.66. The number of fused-ring (bicyclic) bond motifs is 1. The van der Waals surface area contributed by atoms with Gasteiger partial charge in [0.2, 0.25) is 0 Å². The molecule has 0 aliphatic heterocycles. The largest absolute Gasteiger partial charge is 0.329 e. The van der Waals surface area contributed by atoms with Crippen LogP contribution in [0.4, 0.5) is 0 Å². The monoisotopic (exact) mass is 404 g/mol. The molecule has 2 aromatic heterocycles. The molecule has 0 saturated heterocycles. The summed E-state index contributed by atoms with van der Waals surface area (Å²) < 4.78 is 25.9. The van der Waals surface area contributed by atoms with Gasteiger partial charge in [0.15, 0.2) is 9.84 Å². The van der Waals surface area contributed by atoms with Crippen LogP contribution < -0.4 is 11.2 Å². The summed E-state index contributed by atoms with van der Waals surface area (Å²) in [6.45, 7) is 8.10. The molecule has 0 aliphatic rings. The van der Waals surface area contributed by atoms with Crippen molar-refractivity contribution in [3.63, 3.8) is 0 Å². The topological polar surface area (TPSA) is 107 Å². The summed E-state index contributed by atoms with van der Waals surface area (Å²) in [4.78, 5) is 27.9. The molecule has 0 bridgehead atoms. The first-order valence-corrected chi connectivity index (χ1v) is 11.1. The van der Waals surface area contributed by atoms with Crippen LogP contribution in [0.15, 0.2) is 34.0 Å². The Morgan fingerprint density at radius 1 is 1.14 bits per heavy atom. The van der Waals surface area contributed by atoms with E-state index in [4.69, 9.17) is 0 Å². The van der Waals surface area contributed by atoms with Gasteiger partial charge in [-0.2, -0.15) is 5.10 Å². The lowest BCUT2D eigenvalue weighted by molar-refractivity contribution is 0.538. The van der Waals surface area contributed by atoms with Crippen LogP contribution in [0, 0.1) is 0 Å². The van der Waals surface area contributed by atoms with E-state index in [0.717, 1.165) is 27.6 Å². The van der Waals surface area contributed by atoms with Gasteiger partial charge in [0.05, 0.1) is 16.6 Å². The zero-order valence-electron chi connectivity index (χ0n) is 16.6. The number of nitrogens with one attached hydrogen (secondary N) is 1. The van der Waals surface area contributed by atoms with Crippen molar-refractivity contribution in [1.29, 1.82) is 0 Å². The standard InChI is InChI=1S/C19H24N4O4S/c1-11(2)13-9-16-15(8-14(13)17-6-7-20-23(17)12(3)4)18(24)22(19(25)21-16)10-28(5,26)27/h6-9,11-12H,10H2,1-5H3,(H,21,25). The van der Waals surface area contributed by atoms with Crippen molar-refractivity contribution in [2.45, 2.75) is 45.5 Å². The Morgan fingerprint density at radius 3 is 2.39 bits per heavy atom. The Kier molecular flexibility index (Phi) is 5.05. The van der Waals surface area contributed by atoms with Gasteiger partial charge < -0.3 is 4.98 Å². The number of hydrogen-bond acceptors (Lipinski definition) is 5. The van der Waals surface area contributed by atoms with Crippen molar-refractivity contribution in [2.24, 2.45) is 0 Å². The predicted octanol–water partition coefficient (Wildman–Crippen LogP) is 2.26. The number of H-pyrrole nitrogens is 1. The lowest BCUT2D eigenvalue weighted by atomic mass is 9.93. The highest BCUT2D eigenvalue weighted by atomic mass is 32.2. The number of sulfone groups is 1. The number of hydrogen-bond donors (Lipinski definition) is 1. The van der Waals surface area contributed by atoms with Crippen LogP contribution in [-0.4, -0.2) is 34.0 Å². The molecule has 0 unspecified atom stereocenters. The predicted molar refractivity (Wildman–Crippen MR) is 109 cm³/mol.